The quantitative estimate of drug-likeness (QED) is 0.719. The van der Waals surface area contributed by atoms with Crippen molar-refractivity contribution < 1.29 is 28.3 Å². The number of cyclic esters (lactones) is 1. The molecular weight excluding hydrogens is 407 g/mol. The van der Waals surface area contributed by atoms with Crippen LogP contribution in [0.2, 0.25) is 0 Å². The van der Waals surface area contributed by atoms with Crippen LogP contribution < -0.4 is 15.0 Å². The van der Waals surface area contributed by atoms with Crippen LogP contribution in [0.1, 0.15) is 12.0 Å². The van der Waals surface area contributed by atoms with E-state index in [1.807, 2.05) is 6.08 Å². The zero-order valence-corrected chi connectivity index (χ0v) is 16.8. The summed E-state index contributed by atoms with van der Waals surface area (Å²) in [6.45, 7) is 2.70. The lowest BCUT2D eigenvalue weighted by Crippen LogP contribution is -2.46. The van der Waals surface area contributed by atoms with Gasteiger partial charge in [0.1, 0.15) is 36.6 Å². The fraction of sp³-hybridized carbons (Fsp3) is 0.429. The number of carbonyl (C=O) groups excluding carboxylic acids is 1. The van der Waals surface area contributed by atoms with E-state index in [-0.39, 0.29) is 19.3 Å². The van der Waals surface area contributed by atoms with Crippen LogP contribution in [0.15, 0.2) is 35.1 Å². The Kier molecular flexibility index (Phi) is 5.24. The number of aromatic nitrogens is 1. The first-order valence-electron chi connectivity index (χ1n) is 10.3. The number of nitrogens with zero attached hydrogens (tertiary/aromatic N) is 3. The van der Waals surface area contributed by atoms with Gasteiger partial charge in [-0.3, -0.25) is 9.80 Å². The first-order chi connectivity index (χ1) is 15.1. The summed E-state index contributed by atoms with van der Waals surface area (Å²) in [7, 11) is 0. The van der Waals surface area contributed by atoms with Crippen LogP contribution in [0.4, 0.5) is 20.7 Å². The maximum absolute atomic E-state index is 15.1. The molecular formula is C21H23FN4O5. The minimum Gasteiger partial charge on any atom is -0.489 e. The van der Waals surface area contributed by atoms with Crippen molar-refractivity contribution in [3.05, 3.63) is 41.9 Å². The lowest BCUT2D eigenvalue weighted by Gasteiger charge is -2.32. The molecule has 0 bridgehead atoms. The molecule has 0 saturated carbocycles. The molecule has 0 radical (unpaired) electrons. The van der Waals surface area contributed by atoms with Gasteiger partial charge in [-0.2, -0.15) is 0 Å². The standard InChI is InChI=1S/C21H23FN4O5/c22-15-10-16-18(9-14(15)13-1-4-25(5-2-13)6-7-27)29-12-17-19(31-21(28)26(16)17)11-23-20-3-8-30-24-20/h1,3,8-10,17,19,27H,2,4-7,11-12H2,(H,23,24)/t17-,19-/m0/s1. The van der Waals surface area contributed by atoms with Crippen LogP contribution in [-0.2, 0) is 4.74 Å². The molecule has 1 fully saturated rings. The predicted octanol–water partition coefficient (Wildman–Crippen LogP) is 2.09. The second kappa shape index (κ2) is 8.20. The number of anilines is 2. The van der Waals surface area contributed by atoms with Crippen molar-refractivity contribution in [1.29, 1.82) is 0 Å². The van der Waals surface area contributed by atoms with Gasteiger partial charge in [-0.1, -0.05) is 11.2 Å². The normalized spacial score (nSPS) is 23.0. The number of hydrogen-bond acceptors (Lipinski definition) is 8. The zero-order valence-electron chi connectivity index (χ0n) is 16.8. The summed E-state index contributed by atoms with van der Waals surface area (Å²) in [6, 6.07) is 4.32. The van der Waals surface area contributed by atoms with E-state index >= 15 is 4.39 Å². The molecule has 1 aromatic heterocycles. The van der Waals surface area contributed by atoms with Gasteiger partial charge < -0.3 is 24.4 Å². The molecule has 3 aliphatic heterocycles. The molecule has 2 aromatic rings. The number of aliphatic hydroxyl groups excluding tert-OH is 1. The molecule has 10 heteroatoms. The zero-order chi connectivity index (χ0) is 21.4. The van der Waals surface area contributed by atoms with Gasteiger partial charge in [0.2, 0.25) is 0 Å². The van der Waals surface area contributed by atoms with E-state index < -0.39 is 18.0 Å². The van der Waals surface area contributed by atoms with Gasteiger partial charge in [0.05, 0.1) is 18.8 Å². The summed E-state index contributed by atoms with van der Waals surface area (Å²) in [5.41, 5.74) is 1.77. The van der Waals surface area contributed by atoms with Crippen LogP contribution in [-0.4, -0.2) is 72.8 Å². The third-order valence-corrected chi connectivity index (χ3v) is 5.91. The smallest absolute Gasteiger partial charge is 0.415 e. The molecule has 1 saturated heterocycles. The van der Waals surface area contributed by atoms with E-state index in [9.17, 15) is 4.79 Å². The van der Waals surface area contributed by atoms with Crippen LogP contribution in [0.3, 0.4) is 0 Å². The average molecular weight is 430 g/mol. The minimum absolute atomic E-state index is 0.104. The van der Waals surface area contributed by atoms with Crippen LogP contribution >= 0.6 is 0 Å². The maximum atomic E-state index is 15.1. The van der Waals surface area contributed by atoms with Crippen molar-refractivity contribution in [2.24, 2.45) is 0 Å². The fourth-order valence-corrected chi connectivity index (χ4v) is 4.28. The SMILES string of the molecule is O=C1O[C@@H](CNc2ccon2)[C@@H]2COc3cc(C4=CCN(CCO)CC4)c(F)cc3N12. The summed E-state index contributed by atoms with van der Waals surface area (Å²) >= 11 is 0. The first-order valence-corrected chi connectivity index (χ1v) is 10.3. The number of ether oxygens (including phenoxy) is 2. The first kappa shape index (κ1) is 19.8. The molecule has 0 spiro atoms. The van der Waals surface area contributed by atoms with Crippen molar-refractivity contribution in [3.63, 3.8) is 0 Å². The number of benzene rings is 1. The summed E-state index contributed by atoms with van der Waals surface area (Å²) in [5, 5.41) is 15.9. The Labute approximate surface area is 178 Å². The molecule has 9 nitrogen and oxygen atoms in total. The molecule has 1 amide bonds. The Bertz CT molecular complexity index is 996. The second-order valence-corrected chi connectivity index (χ2v) is 7.74. The van der Waals surface area contributed by atoms with Gasteiger partial charge in [0.25, 0.3) is 0 Å². The number of carbonyl (C=O) groups is 1. The van der Waals surface area contributed by atoms with Crippen molar-refractivity contribution >= 4 is 23.2 Å². The number of β-amino-alcohol motifs (C(OH)–C–C–N with tert-alkyl or cyclic N) is 1. The molecule has 0 unspecified atom stereocenters. The van der Waals surface area contributed by atoms with Gasteiger partial charge >= 0.3 is 6.09 Å². The van der Waals surface area contributed by atoms with Gasteiger partial charge in [0, 0.05) is 37.3 Å². The van der Waals surface area contributed by atoms with E-state index in [4.69, 9.17) is 19.1 Å². The van der Waals surface area contributed by atoms with Gasteiger partial charge in [-0.25, -0.2) is 9.18 Å². The largest absolute Gasteiger partial charge is 0.489 e. The Morgan fingerprint density at radius 1 is 1.35 bits per heavy atom. The summed E-state index contributed by atoms with van der Waals surface area (Å²) in [5.74, 6) is 0.607. The van der Waals surface area contributed by atoms with E-state index in [0.29, 0.717) is 48.9 Å². The molecule has 1 aromatic carbocycles. The van der Waals surface area contributed by atoms with E-state index in [2.05, 4.69) is 15.4 Å². The minimum atomic E-state index is -0.523. The highest BCUT2D eigenvalue weighted by Gasteiger charge is 2.46. The molecule has 2 atom stereocenters. The molecule has 4 heterocycles. The Hall–Kier alpha value is -3.11. The van der Waals surface area contributed by atoms with Crippen molar-refractivity contribution in [3.8, 4) is 5.75 Å². The summed E-state index contributed by atoms with van der Waals surface area (Å²) in [4.78, 5) is 16.1. The number of fused-ring (bicyclic) bond motifs is 3. The highest BCUT2D eigenvalue weighted by Crippen LogP contribution is 2.42. The molecule has 164 valence electrons. The number of halogens is 1. The topological polar surface area (TPSA) is 100 Å². The summed E-state index contributed by atoms with van der Waals surface area (Å²) in [6.07, 6.45) is 3.11. The average Bonchev–Trinajstić information content (AvgIpc) is 3.40. The number of amides is 1. The number of aliphatic hydroxyl groups is 1. The number of nitrogens with one attached hydrogen (secondary N) is 1. The monoisotopic (exact) mass is 430 g/mol. The fourth-order valence-electron chi connectivity index (χ4n) is 4.28. The molecule has 2 N–H and O–H groups in total. The van der Waals surface area contributed by atoms with Crippen molar-refractivity contribution in [2.45, 2.75) is 18.6 Å². The number of rotatable bonds is 6. The summed E-state index contributed by atoms with van der Waals surface area (Å²) < 4.78 is 31.3. The molecule has 5 rings (SSSR count). The second-order valence-electron chi connectivity index (χ2n) is 7.74. The van der Waals surface area contributed by atoms with Crippen molar-refractivity contribution in [1.82, 2.24) is 10.1 Å². The Balaban J connectivity index is 1.35. The third-order valence-electron chi connectivity index (χ3n) is 5.91. The molecule has 3 aliphatic rings. The van der Waals surface area contributed by atoms with E-state index in [0.717, 1.165) is 12.1 Å². The molecule has 0 aliphatic carbocycles. The van der Waals surface area contributed by atoms with Crippen molar-refractivity contribution in [2.75, 3.05) is 49.6 Å². The van der Waals surface area contributed by atoms with Gasteiger partial charge in [-0.05, 0) is 18.1 Å². The lowest BCUT2D eigenvalue weighted by molar-refractivity contribution is 0.128. The van der Waals surface area contributed by atoms with E-state index in [1.165, 1.54) is 17.2 Å². The van der Waals surface area contributed by atoms with Gasteiger partial charge in [0.15, 0.2) is 5.82 Å². The number of hydrogen-bond donors (Lipinski definition) is 2. The predicted molar refractivity (Wildman–Crippen MR) is 110 cm³/mol. The lowest BCUT2D eigenvalue weighted by atomic mass is 9.97. The Morgan fingerprint density at radius 3 is 3.00 bits per heavy atom. The van der Waals surface area contributed by atoms with Gasteiger partial charge in [-0.15, -0.1) is 0 Å². The highest BCUT2D eigenvalue weighted by molar-refractivity contribution is 5.94. The van der Waals surface area contributed by atoms with Crippen LogP contribution in [0.25, 0.3) is 5.57 Å². The Morgan fingerprint density at radius 2 is 2.26 bits per heavy atom. The van der Waals surface area contributed by atoms with Crippen LogP contribution in [0, 0.1) is 5.82 Å². The highest BCUT2D eigenvalue weighted by atomic mass is 19.1. The molecule has 31 heavy (non-hydrogen) atoms. The van der Waals surface area contributed by atoms with E-state index in [1.54, 1.807) is 12.1 Å². The maximum Gasteiger partial charge on any atom is 0.415 e. The van der Waals surface area contributed by atoms with Crippen LogP contribution in [0.5, 0.6) is 5.75 Å². The third kappa shape index (κ3) is 3.72.